The van der Waals surface area contributed by atoms with Gasteiger partial charge in [0.2, 0.25) is 5.75 Å². The summed E-state index contributed by atoms with van der Waals surface area (Å²) < 4.78 is 16.3. The number of rotatable bonds is 5. The van der Waals surface area contributed by atoms with Crippen LogP contribution in [-0.4, -0.2) is 52.4 Å². The Balaban J connectivity index is 0.00000192. The normalized spacial score (nSPS) is 23.8. The Morgan fingerprint density at radius 1 is 1.09 bits per heavy atom. The van der Waals surface area contributed by atoms with Gasteiger partial charge in [0, 0.05) is 19.6 Å². The Morgan fingerprint density at radius 3 is 2.30 bits per heavy atom. The van der Waals surface area contributed by atoms with Gasteiger partial charge in [-0.05, 0) is 49.0 Å². The van der Waals surface area contributed by atoms with Gasteiger partial charge in [-0.15, -0.1) is 12.4 Å². The van der Waals surface area contributed by atoms with Crippen LogP contribution >= 0.6 is 12.4 Å². The average Bonchev–Trinajstić information content (AvgIpc) is 3.16. The van der Waals surface area contributed by atoms with Crippen molar-refractivity contribution in [2.24, 2.45) is 5.41 Å². The maximum absolute atomic E-state index is 5.44. The van der Waals surface area contributed by atoms with Crippen LogP contribution < -0.4 is 19.5 Å². The lowest BCUT2D eigenvalue weighted by atomic mass is 9.86. The monoisotopic (exact) mass is 342 g/mol. The van der Waals surface area contributed by atoms with Crippen molar-refractivity contribution in [3.05, 3.63) is 17.7 Å². The maximum atomic E-state index is 5.44. The fourth-order valence-corrected chi connectivity index (χ4v) is 3.79. The third-order valence-corrected chi connectivity index (χ3v) is 4.98. The lowest BCUT2D eigenvalue weighted by Crippen LogP contribution is -2.28. The third kappa shape index (κ3) is 3.67. The summed E-state index contributed by atoms with van der Waals surface area (Å²) in [6.07, 6.45) is 2.60. The molecule has 1 aromatic rings. The van der Waals surface area contributed by atoms with Gasteiger partial charge in [0.1, 0.15) is 0 Å². The quantitative estimate of drug-likeness (QED) is 0.889. The molecule has 0 aliphatic carbocycles. The molecule has 0 saturated carbocycles. The summed E-state index contributed by atoms with van der Waals surface area (Å²) in [6, 6.07) is 4.11. The van der Waals surface area contributed by atoms with Crippen molar-refractivity contribution in [2.45, 2.75) is 19.4 Å². The first kappa shape index (κ1) is 18.2. The maximum Gasteiger partial charge on any atom is 0.203 e. The predicted octanol–water partition coefficient (Wildman–Crippen LogP) is 2.32. The molecule has 1 N–H and O–H groups in total. The molecule has 23 heavy (non-hydrogen) atoms. The van der Waals surface area contributed by atoms with Crippen LogP contribution in [0, 0.1) is 5.41 Å². The largest absolute Gasteiger partial charge is 0.493 e. The van der Waals surface area contributed by atoms with Crippen LogP contribution in [0.1, 0.15) is 18.4 Å². The molecule has 2 fully saturated rings. The Labute approximate surface area is 144 Å². The number of nitrogens with zero attached hydrogens (tertiary/aromatic N) is 1. The zero-order chi connectivity index (χ0) is 15.6. The zero-order valence-electron chi connectivity index (χ0n) is 14.2. The zero-order valence-corrected chi connectivity index (χ0v) is 15.0. The molecule has 2 aliphatic heterocycles. The molecule has 1 aromatic carbocycles. The SMILES string of the molecule is COc1cc(CN2CCC3(CCNC3)C2)cc(OC)c1OC.Cl. The topological polar surface area (TPSA) is 43.0 Å². The van der Waals surface area contributed by atoms with Gasteiger partial charge >= 0.3 is 0 Å². The molecule has 0 radical (unpaired) electrons. The van der Waals surface area contributed by atoms with Crippen molar-refractivity contribution < 1.29 is 14.2 Å². The minimum absolute atomic E-state index is 0. The minimum Gasteiger partial charge on any atom is -0.493 e. The molecule has 0 amide bonds. The van der Waals surface area contributed by atoms with Gasteiger partial charge in [0.15, 0.2) is 11.5 Å². The van der Waals surface area contributed by atoms with Gasteiger partial charge in [0.05, 0.1) is 21.3 Å². The third-order valence-electron chi connectivity index (χ3n) is 4.98. The predicted molar refractivity (Wildman–Crippen MR) is 93.2 cm³/mol. The van der Waals surface area contributed by atoms with Crippen molar-refractivity contribution in [2.75, 3.05) is 47.5 Å². The summed E-state index contributed by atoms with van der Waals surface area (Å²) in [6.45, 7) is 5.60. The van der Waals surface area contributed by atoms with Crippen LogP contribution in [0.25, 0.3) is 0 Å². The van der Waals surface area contributed by atoms with Crippen LogP contribution in [0.3, 0.4) is 0 Å². The first-order valence-electron chi connectivity index (χ1n) is 7.92. The smallest absolute Gasteiger partial charge is 0.203 e. The molecule has 1 atom stereocenters. The standard InChI is InChI=1S/C17H26N2O3.ClH/c1-20-14-8-13(9-15(21-2)16(14)22-3)10-19-7-5-17(12-19)4-6-18-11-17;/h8-9,18H,4-7,10-12H2,1-3H3;1H. The highest BCUT2D eigenvalue weighted by molar-refractivity contribution is 5.85. The fourth-order valence-electron chi connectivity index (χ4n) is 3.79. The van der Waals surface area contributed by atoms with Crippen LogP contribution in [-0.2, 0) is 6.54 Å². The van der Waals surface area contributed by atoms with Gasteiger partial charge in [0.25, 0.3) is 0 Å². The van der Waals surface area contributed by atoms with E-state index in [1.807, 2.05) is 0 Å². The molecule has 0 aromatic heterocycles. The molecule has 0 bridgehead atoms. The van der Waals surface area contributed by atoms with E-state index < -0.39 is 0 Å². The second-order valence-corrected chi connectivity index (χ2v) is 6.42. The highest BCUT2D eigenvalue weighted by Crippen LogP contribution is 2.40. The lowest BCUT2D eigenvalue weighted by Gasteiger charge is -2.23. The summed E-state index contributed by atoms with van der Waals surface area (Å²) in [5.74, 6) is 2.12. The first-order chi connectivity index (χ1) is 10.7. The van der Waals surface area contributed by atoms with Crippen molar-refractivity contribution in [3.63, 3.8) is 0 Å². The van der Waals surface area contributed by atoms with E-state index in [4.69, 9.17) is 14.2 Å². The van der Waals surface area contributed by atoms with Gasteiger partial charge in [-0.3, -0.25) is 4.90 Å². The average molecular weight is 343 g/mol. The molecule has 1 unspecified atom stereocenters. The van der Waals surface area contributed by atoms with Gasteiger partial charge in [-0.2, -0.15) is 0 Å². The van der Waals surface area contributed by atoms with Crippen LogP contribution in [0.4, 0.5) is 0 Å². The van der Waals surface area contributed by atoms with Crippen molar-refractivity contribution >= 4 is 12.4 Å². The molecule has 1 spiro atoms. The number of hydrogen-bond acceptors (Lipinski definition) is 5. The number of ether oxygens (including phenoxy) is 3. The number of hydrogen-bond donors (Lipinski definition) is 1. The molecule has 2 saturated heterocycles. The van der Waals surface area contributed by atoms with E-state index >= 15 is 0 Å². The van der Waals surface area contributed by atoms with Crippen LogP contribution in [0.5, 0.6) is 17.2 Å². The Morgan fingerprint density at radius 2 is 1.78 bits per heavy atom. The number of halogens is 1. The number of benzene rings is 1. The number of nitrogens with one attached hydrogen (secondary N) is 1. The van der Waals surface area contributed by atoms with Crippen molar-refractivity contribution in [1.29, 1.82) is 0 Å². The van der Waals surface area contributed by atoms with Gasteiger partial charge in [-0.1, -0.05) is 0 Å². The Bertz CT molecular complexity index is 508. The molecular weight excluding hydrogens is 316 g/mol. The second kappa shape index (κ2) is 7.60. The summed E-state index contributed by atoms with van der Waals surface area (Å²) in [7, 11) is 4.96. The van der Waals surface area contributed by atoms with E-state index in [1.54, 1.807) is 21.3 Å². The molecule has 5 nitrogen and oxygen atoms in total. The van der Waals surface area contributed by atoms with E-state index in [0.29, 0.717) is 11.2 Å². The summed E-state index contributed by atoms with van der Waals surface area (Å²) in [5.41, 5.74) is 1.71. The molecule has 6 heteroatoms. The highest BCUT2D eigenvalue weighted by atomic mass is 35.5. The molecule has 2 aliphatic rings. The minimum atomic E-state index is 0. The molecule has 130 valence electrons. The van der Waals surface area contributed by atoms with Crippen LogP contribution in [0.15, 0.2) is 12.1 Å². The van der Waals surface area contributed by atoms with E-state index in [0.717, 1.165) is 24.6 Å². The molecule has 2 heterocycles. The van der Waals surface area contributed by atoms with E-state index in [1.165, 1.54) is 38.0 Å². The van der Waals surface area contributed by atoms with E-state index in [9.17, 15) is 0 Å². The fraction of sp³-hybridized carbons (Fsp3) is 0.647. The Hall–Kier alpha value is -1.17. The van der Waals surface area contributed by atoms with Crippen LogP contribution in [0.2, 0.25) is 0 Å². The second-order valence-electron chi connectivity index (χ2n) is 6.42. The van der Waals surface area contributed by atoms with Gasteiger partial charge in [-0.25, -0.2) is 0 Å². The first-order valence-corrected chi connectivity index (χ1v) is 7.92. The van der Waals surface area contributed by atoms with Crippen molar-refractivity contribution in [3.8, 4) is 17.2 Å². The Kier molecular flexibility index (Phi) is 6.00. The highest BCUT2D eigenvalue weighted by Gasteiger charge is 2.40. The summed E-state index contributed by atoms with van der Waals surface area (Å²) >= 11 is 0. The number of likely N-dealkylation sites (tertiary alicyclic amines) is 1. The molecular formula is C17H27ClN2O3. The number of methoxy groups -OCH3 is 3. The van der Waals surface area contributed by atoms with E-state index in [2.05, 4.69) is 22.3 Å². The lowest BCUT2D eigenvalue weighted by molar-refractivity contribution is 0.267. The van der Waals surface area contributed by atoms with Crippen molar-refractivity contribution in [1.82, 2.24) is 10.2 Å². The van der Waals surface area contributed by atoms with Gasteiger partial charge < -0.3 is 19.5 Å². The summed E-state index contributed by atoms with van der Waals surface area (Å²) in [4.78, 5) is 2.54. The van der Waals surface area contributed by atoms with E-state index in [-0.39, 0.29) is 12.4 Å². The molecule has 3 rings (SSSR count). The summed E-state index contributed by atoms with van der Waals surface area (Å²) in [5, 5.41) is 3.51.